The number of hydrazine groups is 1. The summed E-state index contributed by atoms with van der Waals surface area (Å²) in [5.74, 6) is 0.202. The summed E-state index contributed by atoms with van der Waals surface area (Å²) in [6.45, 7) is 6.98. The van der Waals surface area contributed by atoms with Gasteiger partial charge in [-0.3, -0.25) is 14.5 Å². The van der Waals surface area contributed by atoms with Crippen molar-refractivity contribution in [1.82, 2.24) is 20.1 Å². The van der Waals surface area contributed by atoms with Gasteiger partial charge in [0.1, 0.15) is 5.82 Å². The highest BCUT2D eigenvalue weighted by Gasteiger charge is 2.33. The summed E-state index contributed by atoms with van der Waals surface area (Å²) < 4.78 is 66.4. The van der Waals surface area contributed by atoms with Crippen LogP contribution in [-0.2, 0) is 22.6 Å². The number of aromatic amines is 1. The maximum atomic E-state index is 12.8. The van der Waals surface area contributed by atoms with Crippen LogP contribution in [0.25, 0.3) is 0 Å². The quantitative estimate of drug-likeness (QED) is 0.637. The molecule has 31 heavy (non-hydrogen) atoms. The van der Waals surface area contributed by atoms with Crippen molar-refractivity contribution in [2.24, 2.45) is 0 Å². The van der Waals surface area contributed by atoms with E-state index in [2.05, 4.69) is 20.1 Å². The van der Waals surface area contributed by atoms with Gasteiger partial charge in [-0.15, -0.1) is 0 Å². The molecule has 0 aliphatic carbocycles. The first-order valence-electron chi connectivity index (χ1n) is 9.42. The number of aromatic nitrogens is 2. The Morgan fingerprint density at radius 3 is 2.32 bits per heavy atom. The van der Waals surface area contributed by atoms with Crippen molar-refractivity contribution in [3.8, 4) is 0 Å². The Labute approximate surface area is 177 Å². The molecule has 0 spiro atoms. The van der Waals surface area contributed by atoms with Crippen molar-refractivity contribution in [2.45, 2.75) is 51.2 Å². The highest BCUT2D eigenvalue weighted by atomic mass is 32.2. The van der Waals surface area contributed by atoms with Gasteiger partial charge in [0.2, 0.25) is 5.95 Å². The average Bonchev–Trinajstić information content (AvgIpc) is 2.95. The molecule has 3 N–H and O–H groups in total. The van der Waals surface area contributed by atoms with Crippen LogP contribution in [-0.4, -0.2) is 24.4 Å². The van der Waals surface area contributed by atoms with E-state index < -0.39 is 21.8 Å². The predicted octanol–water partition coefficient (Wildman–Crippen LogP) is 2.58. The zero-order valence-electron chi connectivity index (χ0n) is 17.3. The van der Waals surface area contributed by atoms with E-state index >= 15 is 0 Å². The lowest BCUT2D eigenvalue weighted by molar-refractivity contribution is -0.137. The van der Waals surface area contributed by atoms with Gasteiger partial charge in [-0.2, -0.15) is 13.2 Å². The van der Waals surface area contributed by atoms with E-state index in [1.165, 1.54) is 5.01 Å². The maximum absolute atomic E-state index is 12.8. The third kappa shape index (κ3) is 4.44. The summed E-state index contributed by atoms with van der Waals surface area (Å²) in [5.41, 5.74) is 3.35. The van der Waals surface area contributed by atoms with Crippen molar-refractivity contribution >= 4 is 16.0 Å². The van der Waals surface area contributed by atoms with E-state index in [4.69, 9.17) is 0 Å². The fraction of sp³-hybridized carbons (Fsp3) is 0.368. The van der Waals surface area contributed by atoms with Crippen molar-refractivity contribution in [2.75, 3.05) is 5.01 Å². The standard InChI is InChI=1S/C19H22F3N5O3S/c1-5-15-12(4)23-18(24-17(15)28)27-16(10(2)11(3)25-27)26-31(29,30)14-8-6-13(7-9-14)19(20,21)22/h6-9,11,25-26H,5H2,1-4H3,(H,23,24,28). The fourth-order valence-electron chi connectivity index (χ4n) is 3.16. The van der Waals surface area contributed by atoms with E-state index in [0.29, 0.717) is 35.4 Å². The number of sulfonamides is 1. The third-order valence-electron chi connectivity index (χ3n) is 5.07. The number of rotatable bonds is 5. The number of anilines is 1. The molecule has 0 amide bonds. The Bertz CT molecular complexity index is 1190. The van der Waals surface area contributed by atoms with Gasteiger partial charge < -0.3 is 0 Å². The van der Waals surface area contributed by atoms with Crippen LogP contribution in [0.15, 0.2) is 45.3 Å². The summed E-state index contributed by atoms with van der Waals surface area (Å²) >= 11 is 0. The second kappa shape index (κ2) is 8.00. The second-order valence-corrected chi connectivity index (χ2v) is 8.83. The van der Waals surface area contributed by atoms with Crippen LogP contribution in [0.3, 0.4) is 0 Å². The van der Waals surface area contributed by atoms with E-state index in [0.717, 1.165) is 12.1 Å². The molecule has 1 aliphatic heterocycles. The number of benzene rings is 1. The molecule has 1 aromatic heterocycles. The minimum absolute atomic E-state index is 0.0912. The van der Waals surface area contributed by atoms with Crippen LogP contribution < -0.4 is 20.7 Å². The zero-order valence-corrected chi connectivity index (χ0v) is 18.1. The van der Waals surface area contributed by atoms with Crippen molar-refractivity contribution in [1.29, 1.82) is 0 Å². The molecular formula is C19H22F3N5O3S. The molecule has 168 valence electrons. The number of aryl methyl sites for hydroxylation is 1. The summed E-state index contributed by atoms with van der Waals surface area (Å²) in [6, 6.07) is 2.89. The number of nitrogens with zero attached hydrogens (tertiary/aromatic N) is 2. The molecule has 2 heterocycles. The Morgan fingerprint density at radius 1 is 1.19 bits per heavy atom. The Balaban J connectivity index is 1.97. The lowest BCUT2D eigenvalue weighted by Crippen LogP contribution is -2.43. The Kier molecular flexibility index (Phi) is 5.89. The van der Waals surface area contributed by atoms with Gasteiger partial charge in [-0.1, -0.05) is 6.92 Å². The highest BCUT2D eigenvalue weighted by molar-refractivity contribution is 7.89. The smallest absolute Gasteiger partial charge is 0.291 e. The van der Waals surface area contributed by atoms with E-state index in [-0.39, 0.29) is 28.3 Å². The Morgan fingerprint density at radius 2 is 1.81 bits per heavy atom. The van der Waals surface area contributed by atoms with Crippen molar-refractivity contribution in [3.05, 3.63) is 62.8 Å². The number of halogens is 3. The summed E-state index contributed by atoms with van der Waals surface area (Å²) in [4.78, 5) is 19.0. The largest absolute Gasteiger partial charge is 0.416 e. The van der Waals surface area contributed by atoms with E-state index in [9.17, 15) is 26.4 Å². The van der Waals surface area contributed by atoms with Gasteiger partial charge in [0.05, 0.1) is 10.5 Å². The Hall–Kier alpha value is -2.86. The van der Waals surface area contributed by atoms with E-state index in [1.54, 1.807) is 20.8 Å². The second-order valence-electron chi connectivity index (χ2n) is 7.15. The minimum Gasteiger partial charge on any atom is -0.291 e. The maximum Gasteiger partial charge on any atom is 0.416 e. The van der Waals surface area contributed by atoms with Crippen LogP contribution >= 0.6 is 0 Å². The topological polar surface area (TPSA) is 107 Å². The normalized spacial score (nSPS) is 17.4. The van der Waals surface area contributed by atoms with Crippen LogP contribution in [0, 0.1) is 6.92 Å². The third-order valence-corrected chi connectivity index (χ3v) is 6.42. The summed E-state index contributed by atoms with van der Waals surface area (Å²) in [5, 5.41) is 1.31. The lowest BCUT2D eigenvalue weighted by Gasteiger charge is -2.23. The molecule has 12 heteroatoms. The van der Waals surface area contributed by atoms with Gasteiger partial charge in [-0.05, 0) is 57.0 Å². The van der Waals surface area contributed by atoms with Crippen LogP contribution in [0.5, 0.6) is 0 Å². The van der Waals surface area contributed by atoms with Crippen LogP contribution in [0.1, 0.15) is 37.6 Å². The van der Waals surface area contributed by atoms with Gasteiger partial charge >= 0.3 is 6.18 Å². The van der Waals surface area contributed by atoms with Gasteiger partial charge in [0.15, 0.2) is 0 Å². The van der Waals surface area contributed by atoms with Crippen molar-refractivity contribution in [3.63, 3.8) is 0 Å². The lowest BCUT2D eigenvalue weighted by atomic mass is 10.2. The predicted molar refractivity (Wildman–Crippen MR) is 109 cm³/mol. The molecule has 0 fully saturated rings. The molecule has 0 saturated heterocycles. The SMILES string of the molecule is CCc1c(C)nc(N2NC(C)C(C)=C2NS(=O)(=O)c2ccc(C(F)(F)F)cc2)[nH]c1=O. The van der Waals surface area contributed by atoms with Gasteiger partial charge in [0, 0.05) is 17.3 Å². The van der Waals surface area contributed by atoms with Gasteiger partial charge in [0.25, 0.3) is 15.6 Å². The van der Waals surface area contributed by atoms with E-state index in [1.807, 2.05) is 6.92 Å². The molecule has 1 atom stereocenters. The molecule has 8 nitrogen and oxygen atoms in total. The first-order chi connectivity index (χ1) is 14.3. The van der Waals surface area contributed by atoms with Gasteiger partial charge in [-0.25, -0.2) is 23.8 Å². The molecule has 0 bridgehead atoms. The first kappa shape index (κ1) is 22.8. The molecule has 1 aliphatic rings. The summed E-state index contributed by atoms with van der Waals surface area (Å²) in [6.07, 6.45) is -4.09. The van der Waals surface area contributed by atoms with Crippen LogP contribution in [0.4, 0.5) is 19.1 Å². The molecule has 2 aromatic rings. The fourth-order valence-corrected chi connectivity index (χ4v) is 4.28. The monoisotopic (exact) mass is 457 g/mol. The first-order valence-corrected chi connectivity index (χ1v) is 10.9. The van der Waals surface area contributed by atoms with Crippen LogP contribution in [0.2, 0.25) is 0 Å². The molecule has 1 aromatic carbocycles. The number of nitrogens with one attached hydrogen (secondary N) is 3. The summed E-state index contributed by atoms with van der Waals surface area (Å²) in [7, 11) is -4.21. The number of H-pyrrole nitrogens is 1. The number of alkyl halides is 3. The average molecular weight is 457 g/mol. The molecule has 3 rings (SSSR count). The highest BCUT2D eigenvalue weighted by Crippen LogP contribution is 2.30. The van der Waals surface area contributed by atoms with Crippen molar-refractivity contribution < 1.29 is 21.6 Å². The molecule has 0 saturated carbocycles. The molecule has 0 radical (unpaired) electrons. The molecule has 1 unspecified atom stereocenters. The number of hydrogen-bond acceptors (Lipinski definition) is 6. The molecular weight excluding hydrogens is 435 g/mol. The zero-order chi connectivity index (χ0) is 23.1. The number of hydrogen-bond donors (Lipinski definition) is 3. The minimum atomic E-state index is -4.57.